The summed E-state index contributed by atoms with van der Waals surface area (Å²) in [4.78, 5) is 14.7. The number of amides is 1. The van der Waals surface area contributed by atoms with Crippen molar-refractivity contribution >= 4 is 5.91 Å². The summed E-state index contributed by atoms with van der Waals surface area (Å²) in [6.07, 6.45) is 5.73. The molecule has 1 aliphatic heterocycles. The molecule has 0 bridgehead atoms. The Morgan fingerprint density at radius 1 is 1.41 bits per heavy atom. The van der Waals surface area contributed by atoms with Crippen LogP contribution in [0.1, 0.15) is 30.1 Å². The van der Waals surface area contributed by atoms with Crippen molar-refractivity contribution in [1.82, 2.24) is 14.7 Å². The van der Waals surface area contributed by atoms with Crippen LogP contribution >= 0.6 is 0 Å². The fourth-order valence-corrected chi connectivity index (χ4v) is 3.01. The molecule has 5 nitrogen and oxygen atoms in total. The van der Waals surface area contributed by atoms with Gasteiger partial charge in [-0.05, 0) is 49.9 Å². The Morgan fingerprint density at radius 3 is 3.00 bits per heavy atom. The number of likely N-dealkylation sites (tertiary alicyclic amines) is 1. The van der Waals surface area contributed by atoms with Crippen molar-refractivity contribution in [2.75, 3.05) is 13.1 Å². The first-order valence-electron chi connectivity index (χ1n) is 7.80. The zero-order valence-electron chi connectivity index (χ0n) is 12.9. The average molecular weight is 298 g/mol. The highest BCUT2D eigenvalue weighted by Crippen LogP contribution is 2.21. The number of hydrogen-bond donors (Lipinski definition) is 1. The zero-order valence-corrected chi connectivity index (χ0v) is 12.9. The van der Waals surface area contributed by atoms with Crippen molar-refractivity contribution in [2.24, 2.45) is 11.7 Å². The van der Waals surface area contributed by atoms with E-state index in [2.05, 4.69) is 5.10 Å². The second kappa shape index (κ2) is 6.32. The summed E-state index contributed by atoms with van der Waals surface area (Å²) in [7, 11) is 0. The molecule has 1 aromatic heterocycles. The molecule has 1 aliphatic rings. The Kier molecular flexibility index (Phi) is 4.24. The van der Waals surface area contributed by atoms with E-state index in [1.54, 1.807) is 10.9 Å². The number of aromatic nitrogens is 2. The molecule has 0 aliphatic carbocycles. The predicted octanol–water partition coefficient (Wildman–Crippen LogP) is 2.07. The molecule has 0 spiro atoms. The number of piperidine rings is 1. The van der Waals surface area contributed by atoms with Crippen molar-refractivity contribution in [2.45, 2.75) is 25.8 Å². The summed E-state index contributed by atoms with van der Waals surface area (Å²) < 4.78 is 1.76. The van der Waals surface area contributed by atoms with Gasteiger partial charge in [-0.2, -0.15) is 5.10 Å². The van der Waals surface area contributed by atoms with Gasteiger partial charge < -0.3 is 10.6 Å². The molecule has 0 radical (unpaired) electrons. The van der Waals surface area contributed by atoms with Gasteiger partial charge in [0.15, 0.2) is 0 Å². The van der Waals surface area contributed by atoms with Crippen LogP contribution in [-0.4, -0.2) is 39.7 Å². The minimum Gasteiger partial charge on any atom is -0.338 e. The second-order valence-corrected chi connectivity index (χ2v) is 6.01. The number of carbonyl (C=O) groups is 1. The molecular formula is C17H22N4O. The lowest BCUT2D eigenvalue weighted by molar-refractivity contribution is 0.0661. The molecule has 1 amide bonds. The van der Waals surface area contributed by atoms with Gasteiger partial charge in [0.1, 0.15) is 0 Å². The molecule has 0 unspecified atom stereocenters. The summed E-state index contributed by atoms with van der Waals surface area (Å²) in [6, 6.07) is 9.61. The van der Waals surface area contributed by atoms with Gasteiger partial charge in [0, 0.05) is 37.1 Å². The third-order valence-electron chi connectivity index (χ3n) is 4.35. The van der Waals surface area contributed by atoms with Crippen LogP contribution in [0, 0.1) is 5.92 Å². The van der Waals surface area contributed by atoms with Gasteiger partial charge in [0.25, 0.3) is 5.91 Å². The van der Waals surface area contributed by atoms with E-state index in [1.807, 2.05) is 48.4 Å². The molecule has 0 saturated carbocycles. The van der Waals surface area contributed by atoms with Gasteiger partial charge in [0.05, 0.1) is 5.69 Å². The number of hydrogen-bond acceptors (Lipinski definition) is 3. The van der Waals surface area contributed by atoms with E-state index in [-0.39, 0.29) is 11.9 Å². The standard InChI is InChI=1S/C17H22N4O/c1-13(18)15-6-3-9-20(12-15)17(22)14-5-2-7-16(11-14)21-10-4-8-19-21/h2,4-5,7-8,10-11,13,15H,3,6,9,12,18H2,1H3/t13-,15-/m0/s1. The minimum atomic E-state index is 0.0827. The van der Waals surface area contributed by atoms with Crippen LogP contribution in [0.5, 0.6) is 0 Å². The van der Waals surface area contributed by atoms with Gasteiger partial charge in [-0.1, -0.05) is 6.07 Å². The first-order valence-corrected chi connectivity index (χ1v) is 7.80. The maximum Gasteiger partial charge on any atom is 0.253 e. The lowest BCUT2D eigenvalue weighted by Crippen LogP contribution is -2.45. The van der Waals surface area contributed by atoms with E-state index < -0.39 is 0 Å². The Hall–Kier alpha value is -2.14. The molecule has 2 atom stereocenters. The minimum absolute atomic E-state index is 0.0827. The quantitative estimate of drug-likeness (QED) is 0.943. The van der Waals surface area contributed by atoms with E-state index in [4.69, 9.17) is 5.73 Å². The van der Waals surface area contributed by atoms with Crippen molar-refractivity contribution in [1.29, 1.82) is 0 Å². The fraction of sp³-hybridized carbons (Fsp3) is 0.412. The highest BCUT2D eigenvalue weighted by atomic mass is 16.2. The Labute approximate surface area is 130 Å². The molecule has 5 heteroatoms. The maximum atomic E-state index is 12.7. The van der Waals surface area contributed by atoms with Crippen LogP contribution in [-0.2, 0) is 0 Å². The lowest BCUT2D eigenvalue weighted by Gasteiger charge is -2.34. The number of nitrogens with two attached hydrogens (primary N) is 1. The Balaban J connectivity index is 1.79. The molecule has 1 saturated heterocycles. The van der Waals surface area contributed by atoms with Crippen LogP contribution in [0.2, 0.25) is 0 Å². The van der Waals surface area contributed by atoms with Crippen molar-refractivity contribution in [3.63, 3.8) is 0 Å². The summed E-state index contributed by atoms with van der Waals surface area (Å²) in [5.74, 6) is 0.478. The molecule has 2 heterocycles. The van der Waals surface area contributed by atoms with Crippen LogP contribution in [0.25, 0.3) is 5.69 Å². The normalized spacial score (nSPS) is 19.9. The molecule has 2 aromatic rings. The first-order chi connectivity index (χ1) is 10.6. The summed E-state index contributed by atoms with van der Waals surface area (Å²) in [5, 5.41) is 4.21. The lowest BCUT2D eigenvalue weighted by atomic mass is 9.92. The summed E-state index contributed by atoms with van der Waals surface area (Å²) >= 11 is 0. The molecule has 1 fully saturated rings. The van der Waals surface area contributed by atoms with E-state index in [1.165, 1.54) is 0 Å². The number of benzene rings is 1. The topological polar surface area (TPSA) is 64.2 Å². The van der Waals surface area contributed by atoms with Crippen LogP contribution < -0.4 is 5.73 Å². The SMILES string of the molecule is C[C@H](N)[C@H]1CCCN(C(=O)c2cccc(-n3cccn3)c2)C1. The second-order valence-electron chi connectivity index (χ2n) is 6.01. The average Bonchev–Trinajstić information content (AvgIpc) is 3.09. The third kappa shape index (κ3) is 3.04. The van der Waals surface area contributed by atoms with E-state index in [0.717, 1.165) is 31.6 Å². The Morgan fingerprint density at radius 2 is 2.27 bits per heavy atom. The molecular weight excluding hydrogens is 276 g/mol. The van der Waals surface area contributed by atoms with Gasteiger partial charge in [-0.25, -0.2) is 4.68 Å². The van der Waals surface area contributed by atoms with Crippen molar-refractivity contribution in [3.8, 4) is 5.69 Å². The van der Waals surface area contributed by atoms with Crippen molar-refractivity contribution < 1.29 is 4.79 Å². The predicted molar refractivity (Wildman–Crippen MR) is 85.8 cm³/mol. The highest BCUT2D eigenvalue weighted by Gasteiger charge is 2.26. The van der Waals surface area contributed by atoms with Gasteiger partial charge in [-0.3, -0.25) is 4.79 Å². The fourth-order valence-electron chi connectivity index (χ4n) is 3.01. The number of nitrogens with zero attached hydrogens (tertiary/aromatic N) is 3. The monoisotopic (exact) mass is 298 g/mol. The molecule has 22 heavy (non-hydrogen) atoms. The first kappa shape index (κ1) is 14.8. The smallest absolute Gasteiger partial charge is 0.253 e. The maximum absolute atomic E-state index is 12.7. The molecule has 116 valence electrons. The largest absolute Gasteiger partial charge is 0.338 e. The summed E-state index contributed by atoms with van der Waals surface area (Å²) in [6.45, 7) is 3.59. The van der Waals surface area contributed by atoms with Crippen LogP contribution in [0.4, 0.5) is 0 Å². The number of rotatable bonds is 3. The third-order valence-corrected chi connectivity index (χ3v) is 4.35. The molecule has 1 aromatic carbocycles. The van der Waals surface area contributed by atoms with Gasteiger partial charge in [0.2, 0.25) is 0 Å². The highest BCUT2D eigenvalue weighted by molar-refractivity contribution is 5.94. The van der Waals surface area contributed by atoms with E-state index in [0.29, 0.717) is 11.5 Å². The summed E-state index contributed by atoms with van der Waals surface area (Å²) in [5.41, 5.74) is 7.61. The molecule has 2 N–H and O–H groups in total. The Bertz CT molecular complexity index is 636. The van der Waals surface area contributed by atoms with Crippen molar-refractivity contribution in [3.05, 3.63) is 48.3 Å². The van der Waals surface area contributed by atoms with E-state index in [9.17, 15) is 4.79 Å². The van der Waals surface area contributed by atoms with Gasteiger partial charge >= 0.3 is 0 Å². The van der Waals surface area contributed by atoms with Crippen LogP contribution in [0.15, 0.2) is 42.7 Å². The van der Waals surface area contributed by atoms with E-state index >= 15 is 0 Å². The number of carbonyl (C=O) groups excluding carboxylic acids is 1. The van der Waals surface area contributed by atoms with Crippen LogP contribution in [0.3, 0.4) is 0 Å². The molecule has 3 rings (SSSR count). The van der Waals surface area contributed by atoms with Gasteiger partial charge in [-0.15, -0.1) is 0 Å². The zero-order chi connectivity index (χ0) is 15.5.